The summed E-state index contributed by atoms with van der Waals surface area (Å²) in [5.74, 6) is 0.274. The summed E-state index contributed by atoms with van der Waals surface area (Å²) in [5.41, 5.74) is 0.798. The van der Waals surface area contributed by atoms with Crippen molar-refractivity contribution in [3.8, 4) is 21.7 Å². The highest BCUT2D eigenvalue weighted by Crippen LogP contribution is 2.40. The maximum absolute atomic E-state index is 14.4. The average molecular weight is 648 g/mol. The summed E-state index contributed by atoms with van der Waals surface area (Å²) >= 11 is 1.25. The Labute approximate surface area is 267 Å². The van der Waals surface area contributed by atoms with Gasteiger partial charge in [0.25, 0.3) is 5.56 Å². The van der Waals surface area contributed by atoms with E-state index in [1.54, 1.807) is 17.6 Å². The molecular weight excluding hydrogens is 615 g/mol. The fraction of sp³-hybridized carbons (Fsp3) is 0.333. The number of rotatable bonds is 7. The van der Waals surface area contributed by atoms with Crippen LogP contribution in [0.15, 0.2) is 71.1 Å². The zero-order valence-corrected chi connectivity index (χ0v) is 25.9. The van der Waals surface area contributed by atoms with Crippen LogP contribution in [0.3, 0.4) is 0 Å². The third-order valence-corrected chi connectivity index (χ3v) is 9.55. The second kappa shape index (κ2) is 12.5. The van der Waals surface area contributed by atoms with Crippen molar-refractivity contribution in [2.75, 3.05) is 43.6 Å². The number of ether oxygens (including phenoxy) is 1. The monoisotopic (exact) mass is 647 g/mol. The predicted octanol–water partition coefficient (Wildman–Crippen LogP) is 6.49. The van der Waals surface area contributed by atoms with Gasteiger partial charge in [0.15, 0.2) is 0 Å². The van der Waals surface area contributed by atoms with Crippen molar-refractivity contribution in [1.82, 2.24) is 24.8 Å². The summed E-state index contributed by atoms with van der Waals surface area (Å²) in [6.45, 7) is 2.72. The second-order valence-electron chi connectivity index (χ2n) is 11.6. The molecule has 2 aliphatic rings. The maximum atomic E-state index is 14.4. The SMILES string of the molecule is CN(c1ccc(Nc2ncc3cc(-c4ccc(-c5nccs5)cc4C(F)(F)F)c(=O)n(C4CCOC4)c3n2)cc1)C1CCNCC1. The lowest BCUT2D eigenvalue weighted by Crippen LogP contribution is -2.41. The van der Waals surface area contributed by atoms with Gasteiger partial charge in [-0.3, -0.25) is 9.36 Å². The van der Waals surface area contributed by atoms with Gasteiger partial charge in [-0.25, -0.2) is 9.97 Å². The van der Waals surface area contributed by atoms with E-state index in [1.165, 1.54) is 34.2 Å². The van der Waals surface area contributed by atoms with Gasteiger partial charge in [0.05, 0.1) is 18.2 Å². The minimum Gasteiger partial charge on any atom is -0.379 e. The molecule has 2 fully saturated rings. The number of hydrogen-bond donors (Lipinski definition) is 2. The summed E-state index contributed by atoms with van der Waals surface area (Å²) in [6.07, 6.45) is 1.09. The molecule has 1 atom stereocenters. The first-order chi connectivity index (χ1) is 22.3. The van der Waals surface area contributed by atoms with E-state index in [1.807, 2.05) is 24.3 Å². The topological polar surface area (TPSA) is 97.2 Å². The summed E-state index contributed by atoms with van der Waals surface area (Å²) in [5, 5.41) is 9.24. The summed E-state index contributed by atoms with van der Waals surface area (Å²) < 4.78 is 50.4. The lowest BCUT2D eigenvalue weighted by molar-refractivity contribution is -0.137. The Morgan fingerprint density at radius 2 is 1.85 bits per heavy atom. The maximum Gasteiger partial charge on any atom is 0.417 e. The van der Waals surface area contributed by atoms with E-state index in [9.17, 15) is 18.0 Å². The minimum absolute atomic E-state index is 0.0739. The Hall–Kier alpha value is -4.33. The fourth-order valence-corrected chi connectivity index (χ4v) is 6.90. The van der Waals surface area contributed by atoms with Crippen LogP contribution in [0, 0.1) is 0 Å². The van der Waals surface area contributed by atoms with Crippen LogP contribution in [-0.2, 0) is 10.9 Å². The predicted molar refractivity (Wildman–Crippen MR) is 174 cm³/mol. The number of thiazole rings is 1. The number of anilines is 3. The molecule has 2 N–H and O–H groups in total. The smallest absolute Gasteiger partial charge is 0.379 e. The molecule has 3 aromatic heterocycles. The van der Waals surface area contributed by atoms with Crippen molar-refractivity contribution in [3.63, 3.8) is 0 Å². The molecule has 0 spiro atoms. The highest BCUT2D eigenvalue weighted by molar-refractivity contribution is 7.13. The van der Waals surface area contributed by atoms with Crippen LogP contribution in [0.1, 0.15) is 30.9 Å². The number of piperidine rings is 1. The molecule has 5 heterocycles. The largest absolute Gasteiger partial charge is 0.417 e. The van der Waals surface area contributed by atoms with E-state index in [2.05, 4.69) is 32.5 Å². The first-order valence-electron chi connectivity index (χ1n) is 15.2. The zero-order valence-electron chi connectivity index (χ0n) is 25.1. The number of fused-ring (bicyclic) bond motifs is 1. The van der Waals surface area contributed by atoms with Crippen LogP contribution in [0.2, 0.25) is 0 Å². The van der Waals surface area contributed by atoms with Crippen LogP contribution >= 0.6 is 11.3 Å². The summed E-state index contributed by atoms with van der Waals surface area (Å²) in [4.78, 5) is 29.7. The standard InChI is InChI=1S/C33H32F3N7O2S/c1-42(24-8-11-37-12-9-24)23-5-3-22(4-6-23)40-32-39-18-21-16-27(31(44)43(29(21)41-32)25-10-14-45-19-25)26-7-2-20(30-38-13-15-46-30)17-28(26)33(34,35)36/h2-7,13,15-18,24-25,37H,8-12,14,19H2,1H3,(H,39,40,41). The van der Waals surface area contributed by atoms with Crippen molar-refractivity contribution in [2.24, 2.45) is 0 Å². The highest BCUT2D eigenvalue weighted by Gasteiger charge is 2.36. The van der Waals surface area contributed by atoms with Gasteiger partial charge in [-0.1, -0.05) is 12.1 Å². The van der Waals surface area contributed by atoms with Crippen LogP contribution in [0.4, 0.5) is 30.5 Å². The molecule has 0 radical (unpaired) electrons. The molecule has 2 saturated heterocycles. The van der Waals surface area contributed by atoms with Gasteiger partial charge in [0.1, 0.15) is 10.7 Å². The Bertz CT molecular complexity index is 1900. The lowest BCUT2D eigenvalue weighted by Gasteiger charge is -2.33. The molecule has 7 rings (SSSR count). The van der Waals surface area contributed by atoms with Crippen LogP contribution in [-0.4, -0.2) is 58.9 Å². The first kappa shape index (κ1) is 30.3. The molecule has 2 aliphatic heterocycles. The van der Waals surface area contributed by atoms with Crippen molar-refractivity contribution in [2.45, 2.75) is 37.5 Å². The van der Waals surface area contributed by atoms with Gasteiger partial charge in [-0.05, 0) is 74.3 Å². The molecule has 9 nitrogen and oxygen atoms in total. The van der Waals surface area contributed by atoms with Gasteiger partial charge in [-0.15, -0.1) is 11.3 Å². The van der Waals surface area contributed by atoms with Gasteiger partial charge >= 0.3 is 6.18 Å². The molecule has 13 heteroatoms. The van der Waals surface area contributed by atoms with Crippen LogP contribution < -0.4 is 21.1 Å². The molecular formula is C33H32F3N7O2S. The Morgan fingerprint density at radius 1 is 1.04 bits per heavy atom. The Morgan fingerprint density at radius 3 is 2.54 bits per heavy atom. The summed E-state index contributed by atoms with van der Waals surface area (Å²) in [6, 6.07) is 13.5. The highest BCUT2D eigenvalue weighted by atomic mass is 32.1. The average Bonchev–Trinajstić information content (AvgIpc) is 3.80. The van der Waals surface area contributed by atoms with Gasteiger partial charge < -0.3 is 20.3 Å². The van der Waals surface area contributed by atoms with Crippen molar-refractivity contribution in [3.05, 3.63) is 82.2 Å². The number of aromatic nitrogens is 4. The number of hydrogen-bond acceptors (Lipinski definition) is 9. The number of pyridine rings is 1. The molecule has 46 heavy (non-hydrogen) atoms. The fourth-order valence-electron chi connectivity index (χ4n) is 6.26. The van der Waals surface area contributed by atoms with E-state index in [0.29, 0.717) is 40.7 Å². The number of benzene rings is 2. The van der Waals surface area contributed by atoms with E-state index in [0.717, 1.165) is 43.4 Å². The van der Waals surface area contributed by atoms with Gasteiger partial charge in [-0.2, -0.15) is 18.2 Å². The molecule has 2 aromatic carbocycles. The third kappa shape index (κ3) is 5.97. The second-order valence-corrected chi connectivity index (χ2v) is 12.5. The zero-order chi connectivity index (χ0) is 31.8. The number of nitrogens with zero attached hydrogens (tertiary/aromatic N) is 5. The minimum atomic E-state index is -4.70. The number of nitrogens with one attached hydrogen (secondary N) is 2. The van der Waals surface area contributed by atoms with E-state index >= 15 is 0 Å². The molecule has 5 aromatic rings. The Kier molecular flexibility index (Phi) is 8.22. The normalized spacial score (nSPS) is 17.4. The van der Waals surface area contributed by atoms with Crippen LogP contribution in [0.25, 0.3) is 32.7 Å². The van der Waals surface area contributed by atoms with E-state index in [4.69, 9.17) is 9.72 Å². The summed E-state index contributed by atoms with van der Waals surface area (Å²) in [7, 11) is 2.11. The lowest BCUT2D eigenvalue weighted by atomic mass is 9.97. The molecule has 0 saturated carbocycles. The van der Waals surface area contributed by atoms with E-state index < -0.39 is 17.3 Å². The van der Waals surface area contributed by atoms with Crippen molar-refractivity contribution < 1.29 is 17.9 Å². The number of alkyl halides is 3. The molecule has 1 unspecified atom stereocenters. The quantitative estimate of drug-likeness (QED) is 0.207. The first-order valence-corrected chi connectivity index (χ1v) is 16.1. The van der Waals surface area contributed by atoms with Gasteiger partial charge in [0, 0.05) is 65.4 Å². The molecule has 0 amide bonds. The van der Waals surface area contributed by atoms with Gasteiger partial charge in [0.2, 0.25) is 5.95 Å². The third-order valence-electron chi connectivity index (χ3n) is 8.73. The van der Waals surface area contributed by atoms with Crippen molar-refractivity contribution >= 4 is 39.7 Å². The van der Waals surface area contributed by atoms with Crippen molar-refractivity contribution in [1.29, 1.82) is 0 Å². The molecule has 0 aliphatic carbocycles. The molecule has 0 bridgehead atoms. The van der Waals surface area contributed by atoms with E-state index in [-0.39, 0.29) is 29.7 Å². The van der Waals surface area contributed by atoms with Crippen LogP contribution in [0.5, 0.6) is 0 Å². The molecule has 238 valence electrons. The number of halogens is 3. The Balaban J connectivity index is 1.26.